The van der Waals surface area contributed by atoms with Crippen LogP contribution in [0.3, 0.4) is 0 Å². The first-order chi connectivity index (χ1) is 14.2. The number of rotatable bonds is 5. The van der Waals surface area contributed by atoms with E-state index in [1.807, 2.05) is 47.4 Å². The predicted octanol–water partition coefficient (Wildman–Crippen LogP) is 3.05. The van der Waals surface area contributed by atoms with Crippen LogP contribution in [0.2, 0.25) is 0 Å². The molecule has 29 heavy (non-hydrogen) atoms. The minimum absolute atomic E-state index is 0.0689. The molecule has 3 aromatic rings. The van der Waals surface area contributed by atoms with Crippen LogP contribution in [-0.4, -0.2) is 51.9 Å². The maximum atomic E-state index is 13.0. The highest BCUT2D eigenvalue weighted by Crippen LogP contribution is 2.39. The second-order valence-corrected chi connectivity index (χ2v) is 6.69. The summed E-state index contributed by atoms with van der Waals surface area (Å²) in [5, 5.41) is 14.1. The number of likely N-dealkylation sites (tertiary alicyclic amines) is 1. The standard InChI is InChI=1S/C20H22N6O3/c1-28-16-9-10-19(29-2)17(12-16)18-4-3-11-25(18)20(27)22-14-5-7-15(8-6-14)26-13-21-23-24-26/h5-10,12-13,18H,3-4,11H2,1-2H3,(H,22,27). The number of hydrogen-bond acceptors (Lipinski definition) is 6. The molecule has 0 radical (unpaired) electrons. The lowest BCUT2D eigenvalue weighted by Gasteiger charge is -2.27. The molecule has 0 spiro atoms. The Morgan fingerprint density at radius 3 is 2.66 bits per heavy atom. The van der Waals surface area contributed by atoms with E-state index < -0.39 is 0 Å². The van der Waals surface area contributed by atoms with Crippen LogP contribution in [0, 0.1) is 0 Å². The third-order valence-electron chi connectivity index (χ3n) is 5.04. The monoisotopic (exact) mass is 394 g/mol. The molecule has 1 aromatic heterocycles. The van der Waals surface area contributed by atoms with E-state index in [0.717, 1.165) is 35.6 Å². The second kappa shape index (κ2) is 8.17. The van der Waals surface area contributed by atoms with E-state index >= 15 is 0 Å². The fraction of sp³-hybridized carbons (Fsp3) is 0.300. The van der Waals surface area contributed by atoms with Crippen molar-refractivity contribution in [2.24, 2.45) is 0 Å². The van der Waals surface area contributed by atoms with Crippen molar-refractivity contribution < 1.29 is 14.3 Å². The largest absolute Gasteiger partial charge is 0.497 e. The van der Waals surface area contributed by atoms with E-state index in [1.54, 1.807) is 18.9 Å². The molecular weight excluding hydrogens is 372 g/mol. The smallest absolute Gasteiger partial charge is 0.322 e. The van der Waals surface area contributed by atoms with Gasteiger partial charge in [0.05, 0.1) is 25.9 Å². The number of aromatic nitrogens is 4. The summed E-state index contributed by atoms with van der Waals surface area (Å²) in [6.07, 6.45) is 3.32. The summed E-state index contributed by atoms with van der Waals surface area (Å²) < 4.78 is 12.4. The molecule has 9 heteroatoms. The third kappa shape index (κ3) is 3.84. The van der Waals surface area contributed by atoms with E-state index in [4.69, 9.17) is 9.47 Å². The molecular formula is C20H22N6O3. The predicted molar refractivity (Wildman–Crippen MR) is 106 cm³/mol. The highest BCUT2D eigenvalue weighted by atomic mass is 16.5. The van der Waals surface area contributed by atoms with Crippen molar-refractivity contribution in [2.75, 3.05) is 26.1 Å². The fourth-order valence-electron chi connectivity index (χ4n) is 3.61. The maximum absolute atomic E-state index is 13.0. The van der Waals surface area contributed by atoms with Crippen molar-refractivity contribution in [2.45, 2.75) is 18.9 Å². The van der Waals surface area contributed by atoms with Gasteiger partial charge >= 0.3 is 6.03 Å². The van der Waals surface area contributed by atoms with Crippen molar-refractivity contribution in [1.82, 2.24) is 25.1 Å². The van der Waals surface area contributed by atoms with Crippen molar-refractivity contribution >= 4 is 11.7 Å². The molecule has 2 amide bonds. The van der Waals surface area contributed by atoms with Gasteiger partial charge in [-0.05, 0) is 65.7 Å². The lowest BCUT2D eigenvalue weighted by atomic mass is 10.0. The van der Waals surface area contributed by atoms with Crippen LogP contribution in [0.1, 0.15) is 24.4 Å². The van der Waals surface area contributed by atoms with Gasteiger partial charge in [0.2, 0.25) is 0 Å². The van der Waals surface area contributed by atoms with E-state index in [-0.39, 0.29) is 12.1 Å². The van der Waals surface area contributed by atoms with Gasteiger partial charge in [0.25, 0.3) is 0 Å². The Kier molecular flexibility index (Phi) is 5.28. The van der Waals surface area contributed by atoms with Gasteiger partial charge < -0.3 is 19.7 Å². The van der Waals surface area contributed by atoms with Crippen LogP contribution in [-0.2, 0) is 0 Å². The number of tetrazole rings is 1. The molecule has 2 aromatic carbocycles. The first kappa shape index (κ1) is 18.7. The van der Waals surface area contributed by atoms with Crippen molar-refractivity contribution in [3.05, 3.63) is 54.4 Å². The SMILES string of the molecule is COc1ccc(OC)c(C2CCCN2C(=O)Nc2ccc(-n3cnnn3)cc2)c1. The normalized spacial score (nSPS) is 15.9. The van der Waals surface area contributed by atoms with Gasteiger partial charge in [-0.25, -0.2) is 9.48 Å². The summed E-state index contributed by atoms with van der Waals surface area (Å²) in [6, 6.07) is 12.8. The number of benzene rings is 2. The Morgan fingerprint density at radius 2 is 1.97 bits per heavy atom. The Labute approximate surface area is 168 Å². The van der Waals surface area contributed by atoms with E-state index in [9.17, 15) is 4.79 Å². The first-order valence-electron chi connectivity index (χ1n) is 9.32. The molecule has 150 valence electrons. The quantitative estimate of drug-likeness (QED) is 0.715. The zero-order valence-electron chi connectivity index (χ0n) is 16.3. The second-order valence-electron chi connectivity index (χ2n) is 6.69. The Morgan fingerprint density at radius 1 is 1.14 bits per heavy atom. The Hall–Kier alpha value is -3.62. The number of nitrogens with one attached hydrogen (secondary N) is 1. The zero-order valence-corrected chi connectivity index (χ0v) is 16.3. The van der Waals surface area contributed by atoms with Gasteiger partial charge in [0.15, 0.2) is 0 Å². The number of methoxy groups -OCH3 is 2. The number of nitrogens with zero attached hydrogens (tertiary/aromatic N) is 5. The molecule has 1 aliphatic heterocycles. The fourth-order valence-corrected chi connectivity index (χ4v) is 3.61. The van der Waals surface area contributed by atoms with E-state index in [0.29, 0.717) is 12.2 Å². The number of carbonyl (C=O) groups is 1. The topological polar surface area (TPSA) is 94.4 Å². The first-order valence-corrected chi connectivity index (χ1v) is 9.32. The van der Waals surface area contributed by atoms with Gasteiger partial charge in [-0.15, -0.1) is 5.10 Å². The molecule has 1 unspecified atom stereocenters. The van der Waals surface area contributed by atoms with Gasteiger partial charge in [-0.2, -0.15) is 0 Å². The van der Waals surface area contributed by atoms with Crippen LogP contribution in [0.15, 0.2) is 48.8 Å². The highest BCUT2D eigenvalue weighted by Gasteiger charge is 2.32. The minimum atomic E-state index is -0.146. The molecule has 0 saturated carbocycles. The Bertz CT molecular complexity index is 974. The summed E-state index contributed by atoms with van der Waals surface area (Å²) in [4.78, 5) is 14.8. The number of amides is 2. The molecule has 1 saturated heterocycles. The summed E-state index contributed by atoms with van der Waals surface area (Å²) in [6.45, 7) is 0.680. The lowest BCUT2D eigenvalue weighted by Crippen LogP contribution is -2.34. The molecule has 1 atom stereocenters. The van der Waals surface area contributed by atoms with Crippen LogP contribution in [0.4, 0.5) is 10.5 Å². The lowest BCUT2D eigenvalue weighted by molar-refractivity contribution is 0.206. The summed E-state index contributed by atoms with van der Waals surface area (Å²) in [5.41, 5.74) is 2.47. The van der Waals surface area contributed by atoms with E-state index in [2.05, 4.69) is 20.8 Å². The van der Waals surface area contributed by atoms with Crippen molar-refractivity contribution in [3.63, 3.8) is 0 Å². The molecule has 0 aliphatic carbocycles. The summed E-state index contributed by atoms with van der Waals surface area (Å²) in [5.74, 6) is 1.49. The van der Waals surface area contributed by atoms with E-state index in [1.165, 1.54) is 6.33 Å². The molecule has 2 heterocycles. The molecule has 9 nitrogen and oxygen atoms in total. The van der Waals surface area contributed by atoms with Crippen LogP contribution < -0.4 is 14.8 Å². The zero-order chi connectivity index (χ0) is 20.2. The highest BCUT2D eigenvalue weighted by molar-refractivity contribution is 5.90. The number of anilines is 1. The third-order valence-corrected chi connectivity index (χ3v) is 5.04. The average molecular weight is 394 g/mol. The Balaban J connectivity index is 1.51. The number of ether oxygens (including phenoxy) is 2. The average Bonchev–Trinajstić information content (AvgIpc) is 3.46. The molecule has 4 rings (SSSR count). The summed E-state index contributed by atoms with van der Waals surface area (Å²) in [7, 11) is 3.26. The van der Waals surface area contributed by atoms with Crippen LogP contribution >= 0.6 is 0 Å². The van der Waals surface area contributed by atoms with Gasteiger partial charge in [-0.1, -0.05) is 0 Å². The van der Waals surface area contributed by atoms with Gasteiger partial charge in [0, 0.05) is 17.8 Å². The van der Waals surface area contributed by atoms with Crippen LogP contribution in [0.5, 0.6) is 11.5 Å². The summed E-state index contributed by atoms with van der Waals surface area (Å²) >= 11 is 0. The molecule has 1 N–H and O–H groups in total. The molecule has 0 bridgehead atoms. The van der Waals surface area contributed by atoms with Crippen molar-refractivity contribution in [3.8, 4) is 17.2 Å². The van der Waals surface area contributed by atoms with Gasteiger partial charge in [0.1, 0.15) is 17.8 Å². The van der Waals surface area contributed by atoms with Gasteiger partial charge in [-0.3, -0.25) is 0 Å². The van der Waals surface area contributed by atoms with Crippen molar-refractivity contribution in [1.29, 1.82) is 0 Å². The molecule has 1 fully saturated rings. The number of urea groups is 1. The van der Waals surface area contributed by atoms with Crippen LogP contribution in [0.25, 0.3) is 5.69 Å². The number of carbonyl (C=O) groups excluding carboxylic acids is 1. The number of hydrogen-bond donors (Lipinski definition) is 1. The maximum Gasteiger partial charge on any atom is 0.322 e. The minimum Gasteiger partial charge on any atom is -0.497 e. The molecule has 1 aliphatic rings.